The number of benzene rings is 1. The van der Waals surface area contributed by atoms with Gasteiger partial charge in [0.2, 0.25) is 10.0 Å². The SMILES string of the molecule is CNC(=O)c1ccsc1NC(=O)c1ccc(S(=O)(=O)N(C)CC2CCCO2)cc1. The maximum Gasteiger partial charge on any atom is 0.256 e. The second-order valence-electron chi connectivity index (χ2n) is 6.64. The fourth-order valence-corrected chi connectivity index (χ4v) is 5.01. The third-order valence-corrected chi connectivity index (χ3v) is 7.34. The van der Waals surface area contributed by atoms with Gasteiger partial charge >= 0.3 is 0 Å². The van der Waals surface area contributed by atoms with Crippen LogP contribution in [-0.2, 0) is 14.8 Å². The lowest BCUT2D eigenvalue weighted by molar-refractivity contribution is 0.0964. The number of hydrogen-bond donors (Lipinski definition) is 2. The quantitative estimate of drug-likeness (QED) is 0.691. The van der Waals surface area contributed by atoms with Crippen LogP contribution in [0.5, 0.6) is 0 Å². The Morgan fingerprint density at radius 3 is 2.55 bits per heavy atom. The number of carbonyl (C=O) groups excluding carboxylic acids is 2. The minimum atomic E-state index is -3.67. The molecule has 2 heterocycles. The number of anilines is 1. The van der Waals surface area contributed by atoms with E-state index in [9.17, 15) is 18.0 Å². The number of amides is 2. The Hall–Kier alpha value is -2.27. The van der Waals surface area contributed by atoms with Gasteiger partial charge in [0.15, 0.2) is 0 Å². The summed E-state index contributed by atoms with van der Waals surface area (Å²) >= 11 is 1.24. The van der Waals surface area contributed by atoms with E-state index in [1.807, 2.05) is 0 Å². The highest BCUT2D eigenvalue weighted by molar-refractivity contribution is 7.89. The van der Waals surface area contributed by atoms with Gasteiger partial charge < -0.3 is 15.4 Å². The highest BCUT2D eigenvalue weighted by atomic mass is 32.2. The molecule has 1 aromatic heterocycles. The minimum Gasteiger partial charge on any atom is -0.377 e. The molecule has 0 bridgehead atoms. The van der Waals surface area contributed by atoms with E-state index in [1.54, 1.807) is 11.4 Å². The first-order valence-corrected chi connectivity index (χ1v) is 11.4. The van der Waals surface area contributed by atoms with Crippen molar-refractivity contribution in [1.82, 2.24) is 9.62 Å². The molecular formula is C19H23N3O5S2. The molecule has 1 atom stereocenters. The van der Waals surface area contributed by atoms with Crippen LogP contribution in [0.4, 0.5) is 5.00 Å². The molecule has 1 aliphatic rings. The van der Waals surface area contributed by atoms with Crippen molar-refractivity contribution in [2.45, 2.75) is 23.8 Å². The number of rotatable bonds is 7. The molecule has 1 unspecified atom stereocenters. The van der Waals surface area contributed by atoms with Crippen molar-refractivity contribution in [3.8, 4) is 0 Å². The van der Waals surface area contributed by atoms with Crippen LogP contribution in [0.15, 0.2) is 40.6 Å². The maximum absolute atomic E-state index is 12.7. The van der Waals surface area contributed by atoms with Crippen molar-refractivity contribution < 1.29 is 22.7 Å². The molecule has 156 valence electrons. The second kappa shape index (κ2) is 9.04. The largest absolute Gasteiger partial charge is 0.377 e. The Balaban J connectivity index is 1.70. The zero-order valence-corrected chi connectivity index (χ0v) is 17.8. The predicted molar refractivity (Wildman–Crippen MR) is 111 cm³/mol. The van der Waals surface area contributed by atoms with Crippen molar-refractivity contribution in [2.75, 3.05) is 32.6 Å². The zero-order valence-electron chi connectivity index (χ0n) is 16.2. The summed E-state index contributed by atoms with van der Waals surface area (Å²) in [6.45, 7) is 0.958. The Labute approximate surface area is 173 Å². The molecule has 0 spiro atoms. The van der Waals surface area contributed by atoms with Gasteiger partial charge in [0.05, 0.1) is 16.6 Å². The van der Waals surface area contributed by atoms with Gasteiger partial charge in [-0.05, 0) is 48.6 Å². The fraction of sp³-hybridized carbons (Fsp3) is 0.368. The molecule has 1 fully saturated rings. The molecule has 10 heteroatoms. The molecule has 2 aromatic rings. The van der Waals surface area contributed by atoms with Gasteiger partial charge in [0, 0.05) is 32.8 Å². The molecule has 1 saturated heterocycles. The van der Waals surface area contributed by atoms with E-state index in [4.69, 9.17) is 4.74 Å². The molecule has 2 N–H and O–H groups in total. The molecular weight excluding hydrogens is 414 g/mol. The third-order valence-electron chi connectivity index (χ3n) is 4.67. The smallest absolute Gasteiger partial charge is 0.256 e. The van der Waals surface area contributed by atoms with Crippen molar-refractivity contribution >= 4 is 38.2 Å². The first-order chi connectivity index (χ1) is 13.8. The van der Waals surface area contributed by atoms with E-state index in [0.29, 0.717) is 29.3 Å². The van der Waals surface area contributed by atoms with Gasteiger partial charge in [0.1, 0.15) is 5.00 Å². The Kier molecular flexibility index (Phi) is 6.68. The van der Waals surface area contributed by atoms with Crippen molar-refractivity contribution in [2.24, 2.45) is 0 Å². The number of thiophene rings is 1. The van der Waals surface area contributed by atoms with E-state index < -0.39 is 15.9 Å². The van der Waals surface area contributed by atoms with Gasteiger partial charge in [0.25, 0.3) is 11.8 Å². The summed E-state index contributed by atoms with van der Waals surface area (Å²) in [5, 5.41) is 7.35. The van der Waals surface area contributed by atoms with Gasteiger partial charge in [-0.15, -0.1) is 11.3 Å². The molecule has 1 aliphatic heterocycles. The summed E-state index contributed by atoms with van der Waals surface area (Å²) < 4.78 is 32.3. The van der Waals surface area contributed by atoms with Crippen LogP contribution in [0.1, 0.15) is 33.6 Å². The average Bonchev–Trinajstić information content (AvgIpc) is 3.39. The second-order valence-corrected chi connectivity index (χ2v) is 9.60. The lowest BCUT2D eigenvalue weighted by Crippen LogP contribution is -2.34. The van der Waals surface area contributed by atoms with E-state index in [1.165, 1.54) is 54.0 Å². The van der Waals surface area contributed by atoms with E-state index in [2.05, 4.69) is 10.6 Å². The minimum absolute atomic E-state index is 0.0832. The first kappa shape index (κ1) is 21.4. The van der Waals surface area contributed by atoms with Gasteiger partial charge in [-0.1, -0.05) is 0 Å². The molecule has 3 rings (SSSR count). The van der Waals surface area contributed by atoms with Gasteiger partial charge in [-0.25, -0.2) is 8.42 Å². The molecule has 1 aromatic carbocycles. The van der Waals surface area contributed by atoms with Crippen LogP contribution in [-0.4, -0.2) is 57.9 Å². The van der Waals surface area contributed by atoms with Gasteiger partial charge in [-0.2, -0.15) is 4.31 Å². The molecule has 2 amide bonds. The zero-order chi connectivity index (χ0) is 21.0. The number of sulfonamides is 1. The lowest BCUT2D eigenvalue weighted by Gasteiger charge is -2.20. The predicted octanol–water partition coefficient (Wildman–Crippen LogP) is 2.16. The summed E-state index contributed by atoms with van der Waals surface area (Å²) in [4.78, 5) is 24.4. The molecule has 0 radical (unpaired) electrons. The monoisotopic (exact) mass is 437 g/mol. The molecule has 29 heavy (non-hydrogen) atoms. The summed E-state index contributed by atoms with van der Waals surface area (Å²) in [5.41, 5.74) is 0.669. The summed E-state index contributed by atoms with van der Waals surface area (Å²) in [6, 6.07) is 7.35. The van der Waals surface area contributed by atoms with Crippen LogP contribution >= 0.6 is 11.3 Å². The standard InChI is InChI=1S/C19H23N3O5S2/c1-20-18(24)16-9-11-28-19(16)21-17(23)13-5-7-15(8-6-13)29(25,26)22(2)12-14-4-3-10-27-14/h5-9,11,14H,3-4,10,12H2,1-2H3,(H,20,24)(H,21,23). The number of nitrogens with zero attached hydrogens (tertiary/aromatic N) is 1. The van der Waals surface area contributed by atoms with E-state index in [0.717, 1.165) is 12.8 Å². The highest BCUT2D eigenvalue weighted by Crippen LogP contribution is 2.24. The average molecular weight is 438 g/mol. The summed E-state index contributed by atoms with van der Waals surface area (Å²) in [7, 11) is -0.632. The Bertz CT molecular complexity index is 980. The number of nitrogens with one attached hydrogen (secondary N) is 2. The number of likely N-dealkylation sites (N-methyl/N-ethyl adjacent to an activating group) is 1. The Morgan fingerprint density at radius 2 is 1.93 bits per heavy atom. The lowest BCUT2D eigenvalue weighted by atomic mass is 10.2. The summed E-state index contributed by atoms with van der Waals surface area (Å²) in [6.07, 6.45) is 1.70. The maximum atomic E-state index is 12.7. The normalized spacial score (nSPS) is 16.7. The first-order valence-electron chi connectivity index (χ1n) is 9.12. The topological polar surface area (TPSA) is 105 Å². The molecule has 8 nitrogen and oxygen atoms in total. The Morgan fingerprint density at radius 1 is 1.21 bits per heavy atom. The third kappa shape index (κ3) is 4.84. The van der Waals surface area contributed by atoms with Crippen LogP contribution in [0.3, 0.4) is 0 Å². The van der Waals surface area contributed by atoms with Crippen molar-refractivity contribution in [3.05, 3.63) is 46.8 Å². The number of carbonyl (C=O) groups is 2. The van der Waals surface area contributed by atoms with Crippen LogP contribution < -0.4 is 10.6 Å². The van der Waals surface area contributed by atoms with E-state index >= 15 is 0 Å². The molecule has 0 aliphatic carbocycles. The van der Waals surface area contributed by atoms with Crippen molar-refractivity contribution in [1.29, 1.82) is 0 Å². The number of hydrogen-bond acceptors (Lipinski definition) is 6. The van der Waals surface area contributed by atoms with Crippen LogP contribution in [0.25, 0.3) is 0 Å². The fourth-order valence-electron chi connectivity index (χ4n) is 3.03. The highest BCUT2D eigenvalue weighted by Gasteiger charge is 2.26. The van der Waals surface area contributed by atoms with Crippen LogP contribution in [0.2, 0.25) is 0 Å². The van der Waals surface area contributed by atoms with Crippen molar-refractivity contribution in [3.63, 3.8) is 0 Å². The molecule has 0 saturated carbocycles. The van der Waals surface area contributed by atoms with Crippen LogP contribution in [0, 0.1) is 0 Å². The van der Waals surface area contributed by atoms with E-state index in [-0.39, 0.29) is 16.9 Å². The van der Waals surface area contributed by atoms with Gasteiger partial charge in [-0.3, -0.25) is 9.59 Å². The number of ether oxygens (including phenoxy) is 1. The summed E-state index contributed by atoms with van der Waals surface area (Å²) in [5.74, 6) is -0.716.